The van der Waals surface area contributed by atoms with Gasteiger partial charge < -0.3 is 18.9 Å². The fraction of sp³-hybridized carbons (Fsp3) is 0.667. The molecule has 5 heteroatoms. The Morgan fingerprint density at radius 2 is 2.09 bits per heavy atom. The van der Waals surface area contributed by atoms with Gasteiger partial charge >= 0.3 is 0 Å². The molecule has 1 aromatic carbocycles. The van der Waals surface area contributed by atoms with Gasteiger partial charge in [-0.15, -0.1) is 0 Å². The highest BCUT2D eigenvalue weighted by Gasteiger charge is 2.50. The summed E-state index contributed by atoms with van der Waals surface area (Å²) >= 11 is 0. The predicted molar refractivity (Wildman–Crippen MR) is 85.8 cm³/mol. The molecule has 3 unspecified atom stereocenters. The molecule has 23 heavy (non-hydrogen) atoms. The summed E-state index contributed by atoms with van der Waals surface area (Å²) in [7, 11) is 3.69. The Bertz CT molecular complexity index is 578. The van der Waals surface area contributed by atoms with Crippen LogP contribution in [0.2, 0.25) is 0 Å². The van der Waals surface area contributed by atoms with E-state index >= 15 is 0 Å². The lowest BCUT2D eigenvalue weighted by Crippen LogP contribution is -2.51. The van der Waals surface area contributed by atoms with E-state index in [2.05, 4.69) is 17.0 Å². The molecule has 3 atom stereocenters. The van der Waals surface area contributed by atoms with E-state index in [-0.39, 0.29) is 5.60 Å². The van der Waals surface area contributed by atoms with Gasteiger partial charge in [0.1, 0.15) is 0 Å². The first-order valence-electron chi connectivity index (χ1n) is 8.44. The maximum atomic E-state index is 6.00. The molecule has 0 amide bonds. The van der Waals surface area contributed by atoms with Crippen molar-refractivity contribution in [1.29, 1.82) is 0 Å². The van der Waals surface area contributed by atoms with Crippen molar-refractivity contribution < 1.29 is 18.9 Å². The highest BCUT2D eigenvalue weighted by Crippen LogP contribution is 2.44. The van der Waals surface area contributed by atoms with Crippen molar-refractivity contribution in [3.8, 4) is 11.5 Å². The van der Waals surface area contributed by atoms with Gasteiger partial charge in [-0.05, 0) is 43.4 Å². The molecule has 3 aliphatic rings. The molecule has 1 saturated carbocycles. The zero-order valence-corrected chi connectivity index (χ0v) is 13.9. The van der Waals surface area contributed by atoms with Crippen LogP contribution in [0.25, 0.3) is 0 Å². The Balaban J connectivity index is 1.52. The van der Waals surface area contributed by atoms with Crippen LogP contribution in [0, 0.1) is 0 Å². The highest BCUT2D eigenvalue weighted by atomic mass is 16.7. The second-order valence-electron chi connectivity index (χ2n) is 6.82. The van der Waals surface area contributed by atoms with Gasteiger partial charge in [0.2, 0.25) is 6.79 Å². The van der Waals surface area contributed by atoms with E-state index in [1.807, 2.05) is 20.3 Å². The number of hydrogen-bond acceptors (Lipinski definition) is 5. The van der Waals surface area contributed by atoms with Crippen molar-refractivity contribution in [2.75, 3.05) is 27.6 Å². The first-order valence-corrected chi connectivity index (χ1v) is 8.44. The van der Waals surface area contributed by atoms with Crippen LogP contribution in [0.15, 0.2) is 18.2 Å². The number of ether oxygens (including phenoxy) is 4. The van der Waals surface area contributed by atoms with Crippen LogP contribution in [0.4, 0.5) is 0 Å². The zero-order valence-electron chi connectivity index (χ0n) is 13.9. The molecule has 0 N–H and O–H groups in total. The Hall–Kier alpha value is -1.30. The topological polar surface area (TPSA) is 40.2 Å². The minimum Gasteiger partial charge on any atom is -0.454 e. The minimum atomic E-state index is 0.00533. The summed E-state index contributed by atoms with van der Waals surface area (Å²) < 4.78 is 22.5. The summed E-state index contributed by atoms with van der Waals surface area (Å²) in [4.78, 5) is 2.55. The number of hydrogen-bond donors (Lipinski definition) is 0. The zero-order chi connectivity index (χ0) is 15.9. The lowest BCUT2D eigenvalue weighted by Gasteiger charge is -2.43. The largest absolute Gasteiger partial charge is 0.454 e. The normalized spacial score (nSPS) is 33.0. The van der Waals surface area contributed by atoms with Crippen LogP contribution in [0.1, 0.15) is 31.2 Å². The first kappa shape index (κ1) is 15.2. The third kappa shape index (κ3) is 2.61. The summed E-state index contributed by atoms with van der Waals surface area (Å²) in [5, 5.41) is 0. The fourth-order valence-corrected chi connectivity index (χ4v) is 4.43. The Labute approximate surface area is 137 Å². The predicted octanol–water partition coefficient (Wildman–Crippen LogP) is 2.57. The Morgan fingerprint density at radius 1 is 1.22 bits per heavy atom. The maximum absolute atomic E-state index is 6.00. The van der Waals surface area contributed by atoms with E-state index < -0.39 is 0 Å². The molecule has 2 fully saturated rings. The third-order valence-electron chi connectivity index (χ3n) is 5.81. The number of rotatable bonds is 4. The molecule has 1 aromatic rings. The van der Waals surface area contributed by atoms with E-state index in [9.17, 15) is 0 Å². The van der Waals surface area contributed by atoms with Crippen molar-refractivity contribution in [2.24, 2.45) is 0 Å². The highest BCUT2D eigenvalue weighted by molar-refractivity contribution is 5.44. The van der Waals surface area contributed by atoms with Crippen LogP contribution >= 0.6 is 0 Å². The van der Waals surface area contributed by atoms with Gasteiger partial charge in [0.25, 0.3) is 0 Å². The van der Waals surface area contributed by atoms with Gasteiger partial charge in [-0.2, -0.15) is 0 Å². The van der Waals surface area contributed by atoms with Gasteiger partial charge in [0.15, 0.2) is 11.5 Å². The van der Waals surface area contributed by atoms with Crippen molar-refractivity contribution in [3.63, 3.8) is 0 Å². The number of benzene rings is 1. The average molecular weight is 319 g/mol. The van der Waals surface area contributed by atoms with Gasteiger partial charge in [-0.25, -0.2) is 0 Å². The standard InChI is InChI=1S/C18H25NO4/c1-20-14-5-6-18(21-2)7-8-19(17(18)10-14)11-13-3-4-15-16(9-13)23-12-22-15/h3-4,9,14,17H,5-8,10-12H2,1-2H3. The first-order chi connectivity index (χ1) is 11.2. The van der Waals surface area contributed by atoms with Crippen LogP contribution in [-0.2, 0) is 16.0 Å². The van der Waals surface area contributed by atoms with E-state index in [1.54, 1.807) is 0 Å². The number of likely N-dealkylation sites (tertiary alicyclic amines) is 1. The van der Waals surface area contributed by atoms with E-state index in [0.29, 0.717) is 18.9 Å². The fourth-order valence-electron chi connectivity index (χ4n) is 4.43. The van der Waals surface area contributed by atoms with Gasteiger partial charge in [-0.1, -0.05) is 6.07 Å². The molecule has 4 rings (SSSR count). The quantitative estimate of drug-likeness (QED) is 0.853. The van der Waals surface area contributed by atoms with Crippen molar-refractivity contribution >= 4 is 0 Å². The van der Waals surface area contributed by atoms with Gasteiger partial charge in [0, 0.05) is 33.4 Å². The molecular formula is C18H25NO4. The summed E-state index contributed by atoms with van der Waals surface area (Å²) in [6.07, 6.45) is 4.69. The summed E-state index contributed by atoms with van der Waals surface area (Å²) in [6, 6.07) is 6.68. The number of nitrogens with zero attached hydrogens (tertiary/aromatic N) is 1. The monoisotopic (exact) mass is 319 g/mol. The van der Waals surface area contributed by atoms with Crippen LogP contribution in [0.5, 0.6) is 11.5 Å². The molecule has 2 heterocycles. The molecule has 1 aliphatic carbocycles. The Morgan fingerprint density at radius 3 is 2.91 bits per heavy atom. The van der Waals surface area contributed by atoms with E-state index in [4.69, 9.17) is 18.9 Å². The third-order valence-corrected chi connectivity index (χ3v) is 5.81. The summed E-state index contributed by atoms with van der Waals surface area (Å²) in [5.41, 5.74) is 1.27. The van der Waals surface area contributed by atoms with Crippen LogP contribution < -0.4 is 9.47 Å². The Kier molecular flexibility index (Phi) is 3.95. The molecule has 0 aromatic heterocycles. The van der Waals surface area contributed by atoms with E-state index in [1.165, 1.54) is 5.56 Å². The van der Waals surface area contributed by atoms with Gasteiger partial charge in [-0.3, -0.25) is 4.90 Å². The molecule has 126 valence electrons. The number of fused-ring (bicyclic) bond motifs is 2. The number of methoxy groups -OCH3 is 2. The lowest BCUT2D eigenvalue weighted by atomic mass is 9.79. The van der Waals surface area contributed by atoms with Crippen LogP contribution in [-0.4, -0.2) is 50.2 Å². The molecular weight excluding hydrogens is 294 g/mol. The van der Waals surface area contributed by atoms with Crippen molar-refractivity contribution in [3.05, 3.63) is 23.8 Å². The molecule has 0 bridgehead atoms. The molecule has 5 nitrogen and oxygen atoms in total. The molecule has 1 saturated heterocycles. The van der Waals surface area contributed by atoms with Crippen molar-refractivity contribution in [2.45, 2.75) is 50.0 Å². The maximum Gasteiger partial charge on any atom is 0.231 e. The smallest absolute Gasteiger partial charge is 0.231 e. The SMILES string of the molecule is COC1CCC2(OC)CCN(Cc3ccc4c(c3)OCO4)C2C1. The van der Waals surface area contributed by atoms with E-state index in [0.717, 1.165) is 50.3 Å². The second-order valence-corrected chi connectivity index (χ2v) is 6.82. The lowest BCUT2D eigenvalue weighted by molar-refractivity contribution is -0.0947. The molecule has 2 aliphatic heterocycles. The second kappa shape index (κ2) is 5.96. The van der Waals surface area contributed by atoms with Crippen molar-refractivity contribution in [1.82, 2.24) is 4.90 Å². The summed E-state index contributed by atoms with van der Waals surface area (Å²) in [6.45, 7) is 2.32. The molecule has 0 radical (unpaired) electrons. The van der Waals surface area contributed by atoms with Crippen LogP contribution in [0.3, 0.4) is 0 Å². The summed E-state index contributed by atoms with van der Waals surface area (Å²) in [5.74, 6) is 1.71. The minimum absolute atomic E-state index is 0.00533. The molecule has 0 spiro atoms. The average Bonchev–Trinajstić information content (AvgIpc) is 3.19. The van der Waals surface area contributed by atoms with Gasteiger partial charge in [0.05, 0.1) is 11.7 Å².